The zero-order valence-electron chi connectivity index (χ0n) is 10.8. The molecule has 3 nitrogen and oxygen atoms in total. The summed E-state index contributed by atoms with van der Waals surface area (Å²) in [6, 6.07) is 7.37. The predicted molar refractivity (Wildman–Crippen MR) is 83.5 cm³/mol. The van der Waals surface area contributed by atoms with Crippen molar-refractivity contribution in [2.24, 2.45) is 0 Å². The average molecular weight is 339 g/mol. The molecule has 0 fully saturated rings. The minimum atomic E-state index is -0.150. The van der Waals surface area contributed by atoms with Crippen molar-refractivity contribution in [3.05, 3.63) is 49.6 Å². The van der Waals surface area contributed by atoms with E-state index in [9.17, 15) is 4.79 Å². The highest BCUT2D eigenvalue weighted by Gasteiger charge is 2.10. The van der Waals surface area contributed by atoms with Crippen LogP contribution in [-0.4, -0.2) is 5.91 Å². The zero-order chi connectivity index (χ0) is 14.0. The molecule has 0 atom stereocenters. The molecule has 1 aromatic carbocycles. The normalized spacial score (nSPS) is 10.5. The molecule has 0 aliphatic carbocycles. The first kappa shape index (κ1) is 14.1. The molecule has 0 spiro atoms. The summed E-state index contributed by atoms with van der Waals surface area (Å²) < 4.78 is 0.842. The van der Waals surface area contributed by atoms with Crippen LogP contribution in [-0.2, 0) is 6.54 Å². The molecule has 1 amide bonds. The van der Waals surface area contributed by atoms with Crippen LogP contribution in [0.15, 0.2) is 28.7 Å². The minimum absolute atomic E-state index is 0.150. The van der Waals surface area contributed by atoms with Gasteiger partial charge in [0.1, 0.15) is 0 Å². The maximum absolute atomic E-state index is 12.1. The molecular weight excluding hydrogens is 324 g/mol. The molecule has 1 aromatic heterocycles. The monoisotopic (exact) mass is 338 g/mol. The lowest BCUT2D eigenvalue weighted by atomic mass is 10.1. The fraction of sp³-hybridized carbons (Fsp3) is 0.214. The lowest BCUT2D eigenvalue weighted by Crippen LogP contribution is -2.23. The van der Waals surface area contributed by atoms with Gasteiger partial charge in [-0.2, -0.15) is 0 Å². The SMILES string of the molecule is Cc1cc(CNC(=O)c2cc(Br)ccc2N)sc1C. The van der Waals surface area contributed by atoms with Crippen molar-refractivity contribution in [3.8, 4) is 0 Å². The van der Waals surface area contributed by atoms with Crippen LogP contribution in [0.5, 0.6) is 0 Å². The number of nitrogens with two attached hydrogens (primary N) is 1. The Bertz CT molecular complexity index is 602. The average Bonchev–Trinajstić information content (AvgIpc) is 2.69. The molecule has 0 saturated carbocycles. The fourth-order valence-corrected chi connectivity index (χ4v) is 3.08. The quantitative estimate of drug-likeness (QED) is 0.839. The molecule has 0 aliphatic heterocycles. The topological polar surface area (TPSA) is 55.1 Å². The molecule has 0 bridgehead atoms. The Hall–Kier alpha value is -1.33. The molecule has 0 unspecified atom stereocenters. The Morgan fingerprint density at radius 1 is 1.37 bits per heavy atom. The molecule has 0 radical (unpaired) electrons. The van der Waals surface area contributed by atoms with Gasteiger partial charge in [-0.05, 0) is 43.7 Å². The third kappa shape index (κ3) is 3.36. The van der Waals surface area contributed by atoms with Gasteiger partial charge < -0.3 is 11.1 Å². The Kier molecular flexibility index (Phi) is 4.27. The number of benzene rings is 1. The third-order valence-corrected chi connectivity index (χ3v) is 4.55. The molecule has 0 aliphatic rings. The van der Waals surface area contributed by atoms with Gasteiger partial charge >= 0.3 is 0 Å². The summed E-state index contributed by atoms with van der Waals surface area (Å²) in [5.74, 6) is -0.150. The molecular formula is C14H15BrN2OS. The van der Waals surface area contributed by atoms with Crippen molar-refractivity contribution in [3.63, 3.8) is 0 Å². The highest BCUT2D eigenvalue weighted by Crippen LogP contribution is 2.21. The largest absolute Gasteiger partial charge is 0.398 e. The van der Waals surface area contributed by atoms with Gasteiger partial charge in [-0.25, -0.2) is 0 Å². The van der Waals surface area contributed by atoms with E-state index in [1.807, 2.05) is 6.07 Å². The summed E-state index contributed by atoms with van der Waals surface area (Å²) in [5.41, 5.74) is 8.05. The number of carbonyl (C=O) groups excluding carboxylic acids is 1. The van der Waals surface area contributed by atoms with Gasteiger partial charge in [0.15, 0.2) is 0 Å². The van der Waals surface area contributed by atoms with E-state index in [-0.39, 0.29) is 5.91 Å². The molecule has 100 valence electrons. The van der Waals surface area contributed by atoms with Gasteiger partial charge in [-0.1, -0.05) is 15.9 Å². The number of aryl methyl sites for hydroxylation is 2. The van der Waals surface area contributed by atoms with E-state index in [0.717, 1.165) is 9.35 Å². The number of carbonyl (C=O) groups is 1. The number of amides is 1. The minimum Gasteiger partial charge on any atom is -0.398 e. The van der Waals surface area contributed by atoms with Crippen LogP contribution in [0.3, 0.4) is 0 Å². The van der Waals surface area contributed by atoms with Gasteiger partial charge in [0.05, 0.1) is 12.1 Å². The molecule has 3 N–H and O–H groups in total. The van der Waals surface area contributed by atoms with E-state index in [2.05, 4.69) is 41.2 Å². The number of halogens is 1. The first-order valence-corrected chi connectivity index (χ1v) is 7.47. The number of nitrogens with one attached hydrogen (secondary N) is 1. The standard InChI is InChI=1S/C14H15BrN2OS/c1-8-5-11(19-9(8)2)7-17-14(18)12-6-10(15)3-4-13(12)16/h3-6H,7,16H2,1-2H3,(H,17,18). The first-order chi connectivity index (χ1) is 8.97. The second-order valence-corrected chi connectivity index (χ2v) is 6.62. The summed E-state index contributed by atoms with van der Waals surface area (Å²) in [5, 5.41) is 2.89. The predicted octanol–water partition coefficient (Wildman–Crippen LogP) is 3.64. The summed E-state index contributed by atoms with van der Waals surface area (Å²) in [4.78, 5) is 14.5. The van der Waals surface area contributed by atoms with E-state index in [4.69, 9.17) is 5.73 Å². The van der Waals surface area contributed by atoms with E-state index in [1.165, 1.54) is 10.4 Å². The molecule has 2 aromatic rings. The fourth-order valence-electron chi connectivity index (χ4n) is 1.72. The summed E-state index contributed by atoms with van der Waals surface area (Å²) in [6.45, 7) is 4.69. The van der Waals surface area contributed by atoms with Crippen LogP contribution in [0.25, 0.3) is 0 Å². The van der Waals surface area contributed by atoms with Gasteiger partial charge in [0.25, 0.3) is 5.91 Å². The van der Waals surface area contributed by atoms with E-state index < -0.39 is 0 Å². The number of nitrogen functional groups attached to an aromatic ring is 1. The Labute approximate surface area is 125 Å². The van der Waals surface area contributed by atoms with Gasteiger partial charge in [0, 0.05) is 19.9 Å². The molecule has 0 saturated heterocycles. The number of anilines is 1. The molecule has 2 rings (SSSR count). The van der Waals surface area contributed by atoms with Crippen LogP contribution in [0.1, 0.15) is 25.7 Å². The van der Waals surface area contributed by atoms with Crippen molar-refractivity contribution in [2.45, 2.75) is 20.4 Å². The molecule has 19 heavy (non-hydrogen) atoms. The smallest absolute Gasteiger partial charge is 0.253 e. The lowest BCUT2D eigenvalue weighted by Gasteiger charge is -2.07. The Balaban J connectivity index is 2.07. The zero-order valence-corrected chi connectivity index (χ0v) is 13.2. The van der Waals surface area contributed by atoms with Crippen LogP contribution < -0.4 is 11.1 Å². The number of hydrogen-bond donors (Lipinski definition) is 2. The van der Waals surface area contributed by atoms with Crippen LogP contribution in [0.2, 0.25) is 0 Å². The maximum atomic E-state index is 12.1. The second kappa shape index (κ2) is 5.75. The van der Waals surface area contributed by atoms with Crippen molar-refractivity contribution in [1.29, 1.82) is 0 Å². The molecule has 5 heteroatoms. The highest BCUT2D eigenvalue weighted by atomic mass is 79.9. The van der Waals surface area contributed by atoms with Gasteiger partial charge in [0.2, 0.25) is 0 Å². The maximum Gasteiger partial charge on any atom is 0.253 e. The van der Waals surface area contributed by atoms with Crippen molar-refractivity contribution in [1.82, 2.24) is 5.32 Å². The number of thiophene rings is 1. The van der Waals surface area contributed by atoms with Gasteiger partial charge in [-0.15, -0.1) is 11.3 Å². The highest BCUT2D eigenvalue weighted by molar-refractivity contribution is 9.10. The van der Waals surface area contributed by atoms with Gasteiger partial charge in [-0.3, -0.25) is 4.79 Å². The lowest BCUT2D eigenvalue weighted by molar-refractivity contribution is 0.0952. The summed E-state index contributed by atoms with van der Waals surface area (Å²) in [7, 11) is 0. The van der Waals surface area contributed by atoms with Crippen molar-refractivity contribution in [2.75, 3.05) is 5.73 Å². The number of rotatable bonds is 3. The van der Waals surface area contributed by atoms with Crippen LogP contribution in [0.4, 0.5) is 5.69 Å². The Morgan fingerprint density at radius 3 is 2.74 bits per heavy atom. The van der Waals surface area contributed by atoms with E-state index in [1.54, 1.807) is 23.5 Å². The number of hydrogen-bond acceptors (Lipinski definition) is 3. The third-order valence-electron chi connectivity index (χ3n) is 2.90. The van der Waals surface area contributed by atoms with E-state index in [0.29, 0.717) is 17.8 Å². The second-order valence-electron chi connectivity index (χ2n) is 4.37. The summed E-state index contributed by atoms with van der Waals surface area (Å²) >= 11 is 5.04. The van der Waals surface area contributed by atoms with Crippen LogP contribution >= 0.6 is 27.3 Å². The summed E-state index contributed by atoms with van der Waals surface area (Å²) in [6.07, 6.45) is 0. The van der Waals surface area contributed by atoms with Crippen LogP contribution in [0, 0.1) is 13.8 Å². The Morgan fingerprint density at radius 2 is 2.11 bits per heavy atom. The molecule has 1 heterocycles. The van der Waals surface area contributed by atoms with Crippen molar-refractivity contribution >= 4 is 38.9 Å². The first-order valence-electron chi connectivity index (χ1n) is 5.86. The van der Waals surface area contributed by atoms with Crippen molar-refractivity contribution < 1.29 is 4.79 Å². The van der Waals surface area contributed by atoms with E-state index >= 15 is 0 Å².